The number of nitrogens with one attached hydrogen (secondary N) is 1. The van der Waals surface area contributed by atoms with Crippen LogP contribution < -0.4 is 4.89 Å². The zero-order valence-corrected chi connectivity index (χ0v) is 4.73. The largest absolute Gasteiger partial charge is 1.00 e. The number of carboxylic acid groups (broad SMARTS) is 1. The standard InChI is InChI=1S/CH2NO3S.Cu/c3-1(4)5-2-6;/h2H,(H,3,4);/q-1;+1. The van der Waals surface area contributed by atoms with Crippen LogP contribution in [0.3, 0.4) is 0 Å². The van der Waals surface area contributed by atoms with Crippen molar-refractivity contribution in [3.05, 3.63) is 0 Å². The van der Waals surface area contributed by atoms with Crippen LogP contribution in [-0.4, -0.2) is 11.3 Å². The van der Waals surface area contributed by atoms with Crippen molar-refractivity contribution < 1.29 is 31.8 Å². The molecule has 0 saturated heterocycles. The second-order valence-electron chi connectivity index (χ2n) is 0.451. The Hall–Kier alpha value is 0.0995. The fraction of sp³-hybridized carbons (Fsp3) is 0. The van der Waals surface area contributed by atoms with Crippen LogP contribution in [-0.2, 0) is 34.7 Å². The van der Waals surface area contributed by atoms with Crippen molar-refractivity contribution in [2.75, 3.05) is 0 Å². The van der Waals surface area contributed by atoms with E-state index in [9.17, 15) is 4.79 Å². The first-order valence-corrected chi connectivity index (χ1v) is 1.45. The second kappa shape index (κ2) is 6.10. The summed E-state index contributed by atoms with van der Waals surface area (Å²) in [5.74, 6) is 0. The third kappa shape index (κ3) is 10.7. The Morgan fingerprint density at radius 1 is 1.86 bits per heavy atom. The summed E-state index contributed by atoms with van der Waals surface area (Å²) in [6.45, 7) is 0. The molecule has 46 valence electrons. The van der Waals surface area contributed by atoms with E-state index in [0.717, 1.165) is 0 Å². The van der Waals surface area contributed by atoms with Crippen molar-refractivity contribution in [1.82, 2.24) is 4.89 Å². The van der Waals surface area contributed by atoms with Crippen molar-refractivity contribution in [2.24, 2.45) is 0 Å². The van der Waals surface area contributed by atoms with Crippen molar-refractivity contribution >= 4 is 19.0 Å². The first kappa shape index (κ1) is 10.2. The molecule has 0 aliphatic rings. The summed E-state index contributed by atoms with van der Waals surface area (Å²) in [5.41, 5.74) is 0. The average Bonchev–Trinajstić information content (AvgIpc) is 1.35. The molecule has 7 heavy (non-hydrogen) atoms. The van der Waals surface area contributed by atoms with Gasteiger partial charge in [0.05, 0.1) is 0 Å². The Balaban J connectivity index is 0. The molecule has 0 rings (SSSR count). The molecule has 0 radical (unpaired) electrons. The van der Waals surface area contributed by atoms with E-state index >= 15 is 0 Å². The molecule has 4 nitrogen and oxygen atoms in total. The Morgan fingerprint density at radius 2 is 2.29 bits per heavy atom. The summed E-state index contributed by atoms with van der Waals surface area (Å²) >= 11 is 3.88. The third-order valence-corrected chi connectivity index (χ3v) is 0.212. The van der Waals surface area contributed by atoms with Crippen LogP contribution >= 0.6 is 0 Å². The van der Waals surface area contributed by atoms with Gasteiger partial charge in [0.15, 0.2) is 0 Å². The maximum Gasteiger partial charge on any atom is 1.00 e. The van der Waals surface area contributed by atoms with Gasteiger partial charge in [-0.3, -0.25) is 4.89 Å². The predicted octanol–water partition coefficient (Wildman–Crippen LogP) is -0.355. The molecule has 0 aromatic carbocycles. The van der Waals surface area contributed by atoms with Crippen molar-refractivity contribution in [3.8, 4) is 0 Å². The fourth-order valence-electron chi connectivity index (χ4n) is 0.0356. The summed E-state index contributed by atoms with van der Waals surface area (Å²) in [4.78, 5) is 14.3. The van der Waals surface area contributed by atoms with Gasteiger partial charge in [0.25, 0.3) is 0 Å². The molecule has 0 saturated carbocycles. The van der Waals surface area contributed by atoms with Gasteiger partial charge in [0.1, 0.15) is 0 Å². The van der Waals surface area contributed by atoms with E-state index in [1.807, 2.05) is 0 Å². The molecule has 0 heterocycles. The molecule has 0 aliphatic carbocycles. The Kier molecular flexibility index (Phi) is 8.85. The zero-order valence-electron chi connectivity index (χ0n) is 2.97. The fourth-order valence-corrected chi connectivity index (χ4v) is 0.107. The van der Waals surface area contributed by atoms with E-state index in [1.165, 1.54) is 0 Å². The van der Waals surface area contributed by atoms with Gasteiger partial charge in [-0.25, -0.2) is 4.79 Å². The maximum absolute atomic E-state index is 9.25. The molecule has 0 fully saturated rings. The predicted molar refractivity (Wildman–Crippen MR) is 19.6 cm³/mol. The molecule has 2 N–H and O–H groups in total. The van der Waals surface area contributed by atoms with E-state index in [2.05, 4.69) is 17.7 Å². The van der Waals surface area contributed by atoms with Gasteiger partial charge in [-0.15, -0.1) is 0 Å². The molecule has 0 aromatic heterocycles. The maximum atomic E-state index is 9.25. The minimum atomic E-state index is -1.43. The molecular formula is CH2CuNO3S. The topological polar surface area (TPSA) is 58.6 Å². The quantitative estimate of drug-likeness (QED) is 0.321. The Labute approximate surface area is 56.2 Å². The molecular weight excluding hydrogens is 170 g/mol. The van der Waals surface area contributed by atoms with Gasteiger partial charge >= 0.3 is 23.2 Å². The van der Waals surface area contributed by atoms with Gasteiger partial charge in [-0.05, 0) is 0 Å². The smallest absolute Gasteiger partial charge is 0.661 e. The monoisotopic (exact) mass is 171 g/mol. The molecule has 0 aliphatic heterocycles. The summed E-state index contributed by atoms with van der Waals surface area (Å²) in [6, 6.07) is 0. The molecule has 0 bridgehead atoms. The number of rotatable bonds is 1. The van der Waals surface area contributed by atoms with E-state index < -0.39 is 6.16 Å². The first-order valence-electron chi connectivity index (χ1n) is 1.04. The van der Waals surface area contributed by atoms with E-state index in [1.54, 1.807) is 4.89 Å². The van der Waals surface area contributed by atoms with E-state index in [4.69, 9.17) is 5.11 Å². The minimum absolute atomic E-state index is 0. The number of hydrogen-bond donors (Lipinski definition) is 2. The van der Waals surface area contributed by atoms with Crippen LogP contribution in [0, 0.1) is 0 Å². The van der Waals surface area contributed by atoms with Crippen LogP contribution in [0.4, 0.5) is 4.79 Å². The summed E-state index contributed by atoms with van der Waals surface area (Å²) in [7, 11) is 0. The first-order chi connectivity index (χ1) is 2.77. The molecule has 0 amide bonds. The summed E-state index contributed by atoms with van der Waals surface area (Å²) < 4.78 is 0. The van der Waals surface area contributed by atoms with Gasteiger partial charge < -0.3 is 22.8 Å². The van der Waals surface area contributed by atoms with Crippen LogP contribution in [0.2, 0.25) is 0 Å². The van der Waals surface area contributed by atoms with Crippen molar-refractivity contribution in [1.29, 1.82) is 0 Å². The summed E-state index contributed by atoms with van der Waals surface area (Å²) in [6.07, 6.45) is -1.43. The molecule has 0 spiro atoms. The van der Waals surface area contributed by atoms with Crippen molar-refractivity contribution in [3.63, 3.8) is 0 Å². The second-order valence-corrected chi connectivity index (χ2v) is 0.618. The number of carbonyl (C=O) groups is 1. The van der Waals surface area contributed by atoms with E-state index in [0.29, 0.717) is 0 Å². The average molecular weight is 172 g/mol. The van der Waals surface area contributed by atoms with E-state index in [-0.39, 0.29) is 17.1 Å². The third-order valence-electron chi connectivity index (χ3n) is 0.129. The molecule has 0 atom stereocenters. The van der Waals surface area contributed by atoms with Crippen LogP contribution in [0.5, 0.6) is 0 Å². The van der Waals surface area contributed by atoms with Gasteiger partial charge in [-0.2, -0.15) is 0 Å². The molecule has 0 aromatic rings. The Bertz CT molecular complexity index is 58.9. The van der Waals surface area contributed by atoms with Crippen LogP contribution in [0.1, 0.15) is 0 Å². The molecule has 0 unspecified atom stereocenters. The molecule has 6 heteroatoms. The zero-order chi connectivity index (χ0) is 4.99. The van der Waals surface area contributed by atoms with Gasteiger partial charge in [0, 0.05) is 0 Å². The van der Waals surface area contributed by atoms with Gasteiger partial charge in [0.2, 0.25) is 0 Å². The summed E-state index contributed by atoms with van der Waals surface area (Å²) in [5, 5.41) is 7.56. The SMILES string of the molecule is O=C(O)ON[S-].[Cu+]. The normalized spacial score (nSPS) is 6.43. The van der Waals surface area contributed by atoms with Crippen LogP contribution in [0.25, 0.3) is 0 Å². The van der Waals surface area contributed by atoms with Crippen molar-refractivity contribution in [2.45, 2.75) is 0 Å². The van der Waals surface area contributed by atoms with Gasteiger partial charge in [-0.1, -0.05) is 0 Å². The van der Waals surface area contributed by atoms with Crippen LogP contribution in [0.15, 0.2) is 0 Å². The Morgan fingerprint density at radius 3 is 2.29 bits per heavy atom. The minimum Gasteiger partial charge on any atom is -0.661 e. The number of hydrogen-bond acceptors (Lipinski definition) is 4.